The summed E-state index contributed by atoms with van der Waals surface area (Å²) >= 11 is 0. The summed E-state index contributed by atoms with van der Waals surface area (Å²) in [7, 11) is -9.91. The standard InChI is InChI=1S/C72H140O17P2/c1-9-64(7)50-42-34-26-22-23-27-36-44-52-69(74)82-58-67(88-72(77)55-47-39-29-21-17-16-19-25-33-41-49-63(5)6)60-86-90(78,79)84-56-66(73)57-85-91(80,81)87-61-68(59-83-70(75)53-45-37-31-30-35-43-51-65(8)10-2)89-71(76)54-46-38-28-20-15-13-11-12-14-18-24-32-40-48-62(3)4/h62-68,73H,9-61H2,1-8H3,(H,78,79)(H,80,81)/t64?,65?,66-,67-,68-/m1/s1. The van der Waals surface area contributed by atoms with Crippen molar-refractivity contribution in [3.63, 3.8) is 0 Å². The third kappa shape index (κ3) is 63.9. The molecule has 0 aliphatic rings. The van der Waals surface area contributed by atoms with Crippen molar-refractivity contribution >= 4 is 39.5 Å². The lowest BCUT2D eigenvalue weighted by Crippen LogP contribution is -2.30. The van der Waals surface area contributed by atoms with E-state index < -0.39 is 97.5 Å². The Morgan fingerprint density at radius 1 is 0.308 bits per heavy atom. The highest BCUT2D eigenvalue weighted by molar-refractivity contribution is 7.47. The molecule has 0 saturated carbocycles. The van der Waals surface area contributed by atoms with E-state index in [1.165, 1.54) is 154 Å². The number of ether oxygens (including phenoxy) is 4. The summed E-state index contributed by atoms with van der Waals surface area (Å²) in [4.78, 5) is 72.6. The van der Waals surface area contributed by atoms with Gasteiger partial charge in [-0.15, -0.1) is 0 Å². The summed E-state index contributed by atoms with van der Waals surface area (Å²) in [5.74, 6) is 0.920. The summed E-state index contributed by atoms with van der Waals surface area (Å²) in [6.45, 7) is 14.1. The molecule has 540 valence electrons. The topological polar surface area (TPSA) is 237 Å². The van der Waals surface area contributed by atoms with Crippen LogP contribution in [-0.2, 0) is 65.4 Å². The van der Waals surface area contributed by atoms with Crippen LogP contribution in [0.1, 0.15) is 357 Å². The third-order valence-electron chi connectivity index (χ3n) is 17.3. The van der Waals surface area contributed by atoms with Gasteiger partial charge in [-0.2, -0.15) is 0 Å². The molecule has 17 nitrogen and oxygen atoms in total. The summed E-state index contributed by atoms with van der Waals surface area (Å²) in [5, 5.41) is 10.6. The van der Waals surface area contributed by atoms with Crippen molar-refractivity contribution in [3.05, 3.63) is 0 Å². The fourth-order valence-electron chi connectivity index (χ4n) is 10.8. The number of unbranched alkanes of at least 4 members (excludes halogenated alkanes) is 33. The molecule has 0 radical (unpaired) electrons. The first-order chi connectivity index (χ1) is 43.7. The zero-order chi connectivity index (χ0) is 67.5. The molecule has 0 aliphatic carbocycles. The van der Waals surface area contributed by atoms with E-state index in [9.17, 15) is 43.2 Å². The fourth-order valence-corrected chi connectivity index (χ4v) is 12.4. The zero-order valence-electron chi connectivity index (χ0n) is 59.5. The lowest BCUT2D eigenvalue weighted by atomic mass is 9.99. The third-order valence-corrected chi connectivity index (χ3v) is 19.2. The number of carbonyl (C=O) groups is 4. The average molecular weight is 1340 g/mol. The first-order valence-corrected chi connectivity index (χ1v) is 40.3. The van der Waals surface area contributed by atoms with E-state index in [1.54, 1.807) is 0 Å². The molecule has 0 aromatic rings. The Bertz CT molecular complexity index is 1800. The van der Waals surface area contributed by atoms with Crippen LogP contribution >= 0.6 is 15.6 Å². The van der Waals surface area contributed by atoms with Gasteiger partial charge in [0.05, 0.1) is 26.4 Å². The molecule has 0 aromatic carbocycles. The maximum Gasteiger partial charge on any atom is 0.472 e. The van der Waals surface area contributed by atoms with Crippen LogP contribution in [0.2, 0.25) is 0 Å². The highest BCUT2D eigenvalue weighted by Gasteiger charge is 2.30. The van der Waals surface area contributed by atoms with Crippen molar-refractivity contribution in [1.82, 2.24) is 0 Å². The lowest BCUT2D eigenvalue weighted by molar-refractivity contribution is -0.161. The number of rotatable bonds is 69. The van der Waals surface area contributed by atoms with Crippen LogP contribution in [-0.4, -0.2) is 96.7 Å². The van der Waals surface area contributed by atoms with Crippen molar-refractivity contribution in [2.24, 2.45) is 23.7 Å². The van der Waals surface area contributed by atoms with E-state index in [0.717, 1.165) is 120 Å². The molecule has 0 spiro atoms. The Hall–Kier alpha value is -1.94. The minimum atomic E-state index is -4.95. The molecular formula is C72H140O17P2. The summed E-state index contributed by atoms with van der Waals surface area (Å²) in [6.07, 6.45) is 44.4. The molecule has 0 aromatic heterocycles. The number of aliphatic hydroxyl groups is 1. The van der Waals surface area contributed by atoms with E-state index in [1.807, 2.05) is 0 Å². The molecule has 7 atom stereocenters. The predicted molar refractivity (Wildman–Crippen MR) is 367 cm³/mol. The average Bonchev–Trinajstić information content (AvgIpc) is 2.27. The molecule has 3 N–H and O–H groups in total. The Kier molecular flexibility index (Phi) is 60.3. The largest absolute Gasteiger partial charge is 0.472 e. The van der Waals surface area contributed by atoms with Crippen LogP contribution < -0.4 is 0 Å². The van der Waals surface area contributed by atoms with Crippen molar-refractivity contribution in [3.8, 4) is 0 Å². The molecule has 0 heterocycles. The Morgan fingerprint density at radius 3 is 0.780 bits per heavy atom. The quantitative estimate of drug-likeness (QED) is 0.0222. The Balaban J connectivity index is 5.26. The van der Waals surface area contributed by atoms with Crippen LogP contribution in [0.3, 0.4) is 0 Å². The normalized spacial score (nSPS) is 14.8. The van der Waals surface area contributed by atoms with Crippen molar-refractivity contribution in [2.75, 3.05) is 39.6 Å². The highest BCUT2D eigenvalue weighted by atomic mass is 31.2. The second-order valence-electron chi connectivity index (χ2n) is 27.4. The van der Waals surface area contributed by atoms with Gasteiger partial charge in [-0.3, -0.25) is 37.3 Å². The van der Waals surface area contributed by atoms with Gasteiger partial charge >= 0.3 is 39.5 Å². The Labute approximate surface area is 556 Å². The summed E-state index contributed by atoms with van der Waals surface area (Å²) < 4.78 is 68.4. The number of hydrogen-bond donors (Lipinski definition) is 3. The first-order valence-electron chi connectivity index (χ1n) is 37.3. The van der Waals surface area contributed by atoms with Crippen LogP contribution in [0.4, 0.5) is 0 Å². The molecule has 91 heavy (non-hydrogen) atoms. The zero-order valence-corrected chi connectivity index (χ0v) is 61.3. The number of esters is 4. The number of phosphoric acid groups is 2. The molecule has 4 unspecified atom stereocenters. The predicted octanol–water partition coefficient (Wildman–Crippen LogP) is 20.5. The van der Waals surface area contributed by atoms with E-state index >= 15 is 0 Å². The minimum Gasteiger partial charge on any atom is -0.462 e. The second-order valence-corrected chi connectivity index (χ2v) is 30.3. The minimum absolute atomic E-state index is 0.105. The van der Waals surface area contributed by atoms with Gasteiger partial charge in [0.1, 0.15) is 19.3 Å². The fraction of sp³-hybridized carbons (Fsp3) is 0.944. The van der Waals surface area contributed by atoms with Crippen LogP contribution in [0.5, 0.6) is 0 Å². The van der Waals surface area contributed by atoms with Crippen molar-refractivity contribution < 1.29 is 80.2 Å². The van der Waals surface area contributed by atoms with Gasteiger partial charge in [0.15, 0.2) is 12.2 Å². The van der Waals surface area contributed by atoms with Gasteiger partial charge < -0.3 is 33.8 Å². The first kappa shape index (κ1) is 89.1. The maximum absolute atomic E-state index is 13.0. The Morgan fingerprint density at radius 2 is 0.527 bits per heavy atom. The molecular weight excluding hydrogens is 1200 g/mol. The SMILES string of the molecule is CCC(C)CCCCCCCCCCC(=O)OC[C@H](COP(=O)(O)OC[C@@H](O)COP(=O)(O)OC[C@@H](COC(=O)CCCCCCCCC(C)CC)OC(=O)CCCCCCCCCCCCCCCC(C)C)OC(=O)CCCCCCCCCCCCC(C)C. The second kappa shape index (κ2) is 61.6. The van der Waals surface area contributed by atoms with Gasteiger partial charge in [0, 0.05) is 25.7 Å². The maximum atomic E-state index is 13.0. The summed E-state index contributed by atoms with van der Waals surface area (Å²) in [6, 6.07) is 0. The number of carbonyl (C=O) groups excluding carboxylic acids is 4. The van der Waals surface area contributed by atoms with E-state index in [-0.39, 0.29) is 25.7 Å². The number of aliphatic hydroxyl groups excluding tert-OH is 1. The van der Waals surface area contributed by atoms with Gasteiger partial charge in [0.25, 0.3) is 0 Å². The molecule has 0 rings (SSSR count). The van der Waals surface area contributed by atoms with E-state index in [0.29, 0.717) is 25.7 Å². The smallest absolute Gasteiger partial charge is 0.462 e. The number of phosphoric ester groups is 2. The number of hydrogen-bond acceptors (Lipinski definition) is 15. The molecule has 0 amide bonds. The molecule has 0 aliphatic heterocycles. The lowest BCUT2D eigenvalue weighted by Gasteiger charge is -2.21. The van der Waals surface area contributed by atoms with Crippen LogP contribution in [0, 0.1) is 23.7 Å². The monoisotopic (exact) mass is 1340 g/mol. The van der Waals surface area contributed by atoms with Gasteiger partial charge in [-0.25, -0.2) is 9.13 Å². The van der Waals surface area contributed by atoms with Crippen molar-refractivity contribution in [2.45, 2.75) is 375 Å². The van der Waals surface area contributed by atoms with E-state index in [4.69, 9.17) is 37.0 Å². The molecule has 0 fully saturated rings. The van der Waals surface area contributed by atoms with Gasteiger partial charge in [-0.05, 0) is 49.4 Å². The molecule has 19 heteroatoms. The van der Waals surface area contributed by atoms with Crippen molar-refractivity contribution in [1.29, 1.82) is 0 Å². The van der Waals surface area contributed by atoms with Gasteiger partial charge in [0.2, 0.25) is 0 Å². The van der Waals surface area contributed by atoms with Crippen LogP contribution in [0.15, 0.2) is 0 Å². The van der Waals surface area contributed by atoms with Gasteiger partial charge in [-0.1, -0.05) is 306 Å². The molecule has 0 saturated heterocycles. The van der Waals surface area contributed by atoms with Crippen LogP contribution in [0.25, 0.3) is 0 Å². The molecule has 0 bridgehead atoms. The summed E-state index contributed by atoms with van der Waals surface area (Å²) in [5.41, 5.74) is 0. The highest BCUT2D eigenvalue weighted by Crippen LogP contribution is 2.45. The van der Waals surface area contributed by atoms with E-state index in [2.05, 4.69) is 55.4 Å².